The van der Waals surface area contributed by atoms with E-state index >= 15 is 0 Å². The Morgan fingerprint density at radius 2 is 2.00 bits per heavy atom. The second-order valence-corrected chi connectivity index (χ2v) is 5.06. The zero-order chi connectivity index (χ0) is 13.8. The normalized spacial score (nSPS) is 19.1. The fourth-order valence-electron chi connectivity index (χ4n) is 2.54. The highest BCUT2D eigenvalue weighted by molar-refractivity contribution is 5.28. The Labute approximate surface area is 119 Å². The predicted molar refractivity (Wildman–Crippen MR) is 78.5 cm³/mol. The van der Waals surface area contributed by atoms with Gasteiger partial charge in [-0.25, -0.2) is 0 Å². The van der Waals surface area contributed by atoms with Crippen LogP contribution in [0.15, 0.2) is 54.6 Å². The number of hydrogen-bond acceptors (Lipinski definition) is 3. The Balaban J connectivity index is 1.63. The minimum atomic E-state index is 0.182. The average molecular weight is 269 g/mol. The van der Waals surface area contributed by atoms with E-state index in [-0.39, 0.29) is 6.10 Å². The molecule has 0 N–H and O–H groups in total. The van der Waals surface area contributed by atoms with Gasteiger partial charge in [-0.3, -0.25) is 4.90 Å². The Kier molecular flexibility index (Phi) is 4.00. The minimum Gasteiger partial charge on any atom is -0.497 e. The molecule has 0 spiro atoms. The summed E-state index contributed by atoms with van der Waals surface area (Å²) in [6.07, 6.45) is 0.182. The van der Waals surface area contributed by atoms with E-state index in [1.165, 1.54) is 11.1 Å². The van der Waals surface area contributed by atoms with Gasteiger partial charge in [0.05, 0.1) is 13.2 Å². The van der Waals surface area contributed by atoms with E-state index in [0.29, 0.717) is 6.73 Å². The van der Waals surface area contributed by atoms with Gasteiger partial charge in [0.1, 0.15) is 12.5 Å². The van der Waals surface area contributed by atoms with Gasteiger partial charge in [-0.05, 0) is 23.3 Å². The van der Waals surface area contributed by atoms with E-state index in [4.69, 9.17) is 9.47 Å². The van der Waals surface area contributed by atoms with Crippen molar-refractivity contribution in [3.63, 3.8) is 0 Å². The van der Waals surface area contributed by atoms with Crippen molar-refractivity contribution in [1.29, 1.82) is 0 Å². The van der Waals surface area contributed by atoms with Crippen LogP contribution in [0.1, 0.15) is 17.2 Å². The van der Waals surface area contributed by atoms with E-state index in [1.54, 1.807) is 7.11 Å². The zero-order valence-corrected chi connectivity index (χ0v) is 11.7. The number of rotatable bonds is 4. The van der Waals surface area contributed by atoms with Gasteiger partial charge in [-0.1, -0.05) is 42.5 Å². The number of hydrogen-bond donors (Lipinski definition) is 0. The zero-order valence-electron chi connectivity index (χ0n) is 11.7. The van der Waals surface area contributed by atoms with Crippen LogP contribution in [0.4, 0.5) is 0 Å². The molecule has 1 aliphatic rings. The molecule has 0 bridgehead atoms. The van der Waals surface area contributed by atoms with Crippen LogP contribution in [0.3, 0.4) is 0 Å². The first-order chi connectivity index (χ1) is 9.85. The van der Waals surface area contributed by atoms with Gasteiger partial charge in [-0.15, -0.1) is 0 Å². The summed E-state index contributed by atoms with van der Waals surface area (Å²) < 4.78 is 11.1. The van der Waals surface area contributed by atoms with Crippen LogP contribution in [-0.4, -0.2) is 25.3 Å². The smallest absolute Gasteiger partial charge is 0.119 e. The maximum absolute atomic E-state index is 5.88. The maximum atomic E-state index is 5.88. The molecule has 0 aromatic heterocycles. The SMILES string of the molecule is COc1cccc(CN2COC(c3ccccc3)C2)c1. The fraction of sp³-hybridized carbons (Fsp3) is 0.294. The third kappa shape index (κ3) is 3.00. The highest BCUT2D eigenvalue weighted by Crippen LogP contribution is 2.25. The molecule has 20 heavy (non-hydrogen) atoms. The topological polar surface area (TPSA) is 21.7 Å². The lowest BCUT2D eigenvalue weighted by atomic mass is 10.1. The summed E-state index contributed by atoms with van der Waals surface area (Å²) in [7, 11) is 1.70. The van der Waals surface area contributed by atoms with Gasteiger partial charge < -0.3 is 9.47 Å². The first-order valence-corrected chi connectivity index (χ1v) is 6.87. The van der Waals surface area contributed by atoms with Crippen molar-refractivity contribution in [1.82, 2.24) is 4.90 Å². The first kappa shape index (κ1) is 13.2. The average Bonchev–Trinajstić information content (AvgIpc) is 2.97. The molecule has 0 saturated carbocycles. The van der Waals surface area contributed by atoms with Crippen LogP contribution in [0.25, 0.3) is 0 Å². The van der Waals surface area contributed by atoms with Gasteiger partial charge in [0.15, 0.2) is 0 Å². The van der Waals surface area contributed by atoms with Crippen molar-refractivity contribution in [3.05, 3.63) is 65.7 Å². The van der Waals surface area contributed by atoms with Crippen LogP contribution >= 0.6 is 0 Å². The molecule has 3 nitrogen and oxygen atoms in total. The van der Waals surface area contributed by atoms with Gasteiger partial charge in [-0.2, -0.15) is 0 Å². The number of nitrogens with zero attached hydrogens (tertiary/aromatic N) is 1. The summed E-state index contributed by atoms with van der Waals surface area (Å²) >= 11 is 0. The Hall–Kier alpha value is -1.84. The second kappa shape index (κ2) is 6.07. The molecular formula is C17H19NO2. The summed E-state index contributed by atoms with van der Waals surface area (Å²) in [5, 5.41) is 0. The van der Waals surface area contributed by atoms with Crippen molar-refractivity contribution >= 4 is 0 Å². The summed E-state index contributed by atoms with van der Waals surface area (Å²) in [5.74, 6) is 0.905. The van der Waals surface area contributed by atoms with Gasteiger partial charge in [0, 0.05) is 13.1 Å². The molecule has 0 radical (unpaired) electrons. The van der Waals surface area contributed by atoms with E-state index in [2.05, 4.69) is 41.3 Å². The number of benzene rings is 2. The summed E-state index contributed by atoms with van der Waals surface area (Å²) in [6.45, 7) is 2.50. The molecule has 1 aliphatic heterocycles. The quantitative estimate of drug-likeness (QED) is 0.850. The molecule has 1 heterocycles. The van der Waals surface area contributed by atoms with Gasteiger partial charge in [0.2, 0.25) is 0 Å². The van der Waals surface area contributed by atoms with Crippen LogP contribution in [0.2, 0.25) is 0 Å². The number of ether oxygens (including phenoxy) is 2. The van der Waals surface area contributed by atoms with Crippen LogP contribution in [0.5, 0.6) is 5.75 Å². The third-order valence-electron chi connectivity index (χ3n) is 3.59. The standard InChI is InChI=1S/C17H19NO2/c1-19-16-9-5-6-14(10-16)11-18-12-17(20-13-18)15-7-3-2-4-8-15/h2-10,17H,11-13H2,1H3. The Morgan fingerprint density at radius 3 is 2.80 bits per heavy atom. The van der Waals surface area contributed by atoms with Crippen LogP contribution in [-0.2, 0) is 11.3 Å². The van der Waals surface area contributed by atoms with Crippen LogP contribution < -0.4 is 4.74 Å². The summed E-state index contributed by atoms with van der Waals surface area (Å²) in [4.78, 5) is 2.31. The molecule has 2 aromatic carbocycles. The number of methoxy groups -OCH3 is 1. The van der Waals surface area contributed by atoms with E-state index in [1.807, 2.05) is 18.2 Å². The van der Waals surface area contributed by atoms with Crippen molar-refractivity contribution < 1.29 is 9.47 Å². The highest BCUT2D eigenvalue weighted by Gasteiger charge is 2.24. The van der Waals surface area contributed by atoms with E-state index < -0.39 is 0 Å². The minimum absolute atomic E-state index is 0.182. The lowest BCUT2D eigenvalue weighted by molar-refractivity contribution is 0.0880. The Bertz CT molecular complexity index is 556. The van der Waals surface area contributed by atoms with Gasteiger partial charge in [0.25, 0.3) is 0 Å². The molecule has 3 rings (SSSR count). The molecule has 0 aliphatic carbocycles. The fourth-order valence-corrected chi connectivity index (χ4v) is 2.54. The highest BCUT2D eigenvalue weighted by atomic mass is 16.5. The lowest BCUT2D eigenvalue weighted by Gasteiger charge is -2.14. The molecule has 3 heteroatoms. The Morgan fingerprint density at radius 1 is 1.15 bits per heavy atom. The monoisotopic (exact) mass is 269 g/mol. The first-order valence-electron chi connectivity index (χ1n) is 6.87. The molecule has 1 unspecified atom stereocenters. The molecule has 104 valence electrons. The van der Waals surface area contributed by atoms with Crippen LogP contribution in [0, 0.1) is 0 Å². The van der Waals surface area contributed by atoms with E-state index in [9.17, 15) is 0 Å². The molecule has 0 amide bonds. The molecule has 1 saturated heterocycles. The van der Waals surface area contributed by atoms with Crippen molar-refractivity contribution in [3.8, 4) is 5.75 Å². The largest absolute Gasteiger partial charge is 0.497 e. The van der Waals surface area contributed by atoms with E-state index in [0.717, 1.165) is 18.8 Å². The molecule has 1 fully saturated rings. The van der Waals surface area contributed by atoms with Crippen molar-refractivity contribution in [2.24, 2.45) is 0 Å². The molecule has 2 aromatic rings. The van der Waals surface area contributed by atoms with Gasteiger partial charge >= 0.3 is 0 Å². The van der Waals surface area contributed by atoms with Crippen molar-refractivity contribution in [2.45, 2.75) is 12.6 Å². The molecular weight excluding hydrogens is 250 g/mol. The predicted octanol–water partition coefficient (Wildman–Crippen LogP) is 3.23. The molecule has 1 atom stereocenters. The summed E-state index contributed by atoms with van der Waals surface area (Å²) in [6, 6.07) is 18.6. The summed E-state index contributed by atoms with van der Waals surface area (Å²) in [5.41, 5.74) is 2.50. The third-order valence-corrected chi connectivity index (χ3v) is 3.59. The second-order valence-electron chi connectivity index (χ2n) is 5.06. The maximum Gasteiger partial charge on any atom is 0.119 e. The lowest BCUT2D eigenvalue weighted by Crippen LogP contribution is -2.19. The van der Waals surface area contributed by atoms with Crippen molar-refractivity contribution in [2.75, 3.05) is 20.4 Å².